The number of anilines is 1. The van der Waals surface area contributed by atoms with E-state index >= 15 is 0 Å². The number of nitrogens with zero attached hydrogens (tertiary/aromatic N) is 2. The highest BCUT2D eigenvalue weighted by Crippen LogP contribution is 2.48. The van der Waals surface area contributed by atoms with Gasteiger partial charge in [-0.05, 0) is 30.3 Å². The molecule has 1 unspecified atom stereocenters. The highest BCUT2D eigenvalue weighted by Gasteiger charge is 2.38. The standard InChI is InChI=1S/C16H9Cl3N2OS2/c17-8-4-5-11-12(6-8)24-16(20-11)21-13(22)7-23-15(21)14-9(18)2-1-3-10(14)19/h1-6,15H,7H2. The van der Waals surface area contributed by atoms with Gasteiger partial charge in [-0.2, -0.15) is 0 Å². The lowest BCUT2D eigenvalue weighted by molar-refractivity contribution is -0.115. The average Bonchev–Trinajstić information content (AvgIpc) is 3.10. The van der Waals surface area contributed by atoms with E-state index in [0.717, 1.165) is 15.8 Å². The van der Waals surface area contributed by atoms with Crippen LogP contribution in [0, 0.1) is 0 Å². The summed E-state index contributed by atoms with van der Waals surface area (Å²) in [7, 11) is 0. The molecule has 0 N–H and O–H groups in total. The average molecular weight is 416 g/mol. The fourth-order valence-electron chi connectivity index (χ4n) is 2.58. The van der Waals surface area contributed by atoms with E-state index in [0.29, 0.717) is 26.0 Å². The maximum Gasteiger partial charge on any atom is 0.240 e. The third-order valence-corrected chi connectivity index (χ3v) is 6.75. The summed E-state index contributed by atoms with van der Waals surface area (Å²) in [6.07, 6.45) is 0. The first-order valence-electron chi connectivity index (χ1n) is 6.98. The summed E-state index contributed by atoms with van der Waals surface area (Å²) >= 11 is 21.6. The Balaban J connectivity index is 1.83. The van der Waals surface area contributed by atoms with Crippen molar-refractivity contribution in [1.29, 1.82) is 0 Å². The van der Waals surface area contributed by atoms with Crippen molar-refractivity contribution in [2.24, 2.45) is 0 Å². The van der Waals surface area contributed by atoms with Gasteiger partial charge in [-0.1, -0.05) is 52.2 Å². The number of carbonyl (C=O) groups is 1. The van der Waals surface area contributed by atoms with E-state index in [4.69, 9.17) is 34.8 Å². The van der Waals surface area contributed by atoms with Crippen LogP contribution in [-0.2, 0) is 4.79 Å². The first-order valence-corrected chi connectivity index (χ1v) is 9.98. The van der Waals surface area contributed by atoms with Crippen molar-refractivity contribution < 1.29 is 4.79 Å². The maximum atomic E-state index is 12.5. The molecule has 4 rings (SSSR count). The molecule has 3 nitrogen and oxygen atoms in total. The lowest BCUT2D eigenvalue weighted by Crippen LogP contribution is -2.28. The number of rotatable bonds is 2. The monoisotopic (exact) mass is 414 g/mol. The van der Waals surface area contributed by atoms with Crippen molar-refractivity contribution in [3.8, 4) is 0 Å². The summed E-state index contributed by atoms with van der Waals surface area (Å²) in [5.41, 5.74) is 1.56. The normalized spacial score (nSPS) is 17.9. The Morgan fingerprint density at radius 1 is 1.12 bits per heavy atom. The molecule has 0 bridgehead atoms. The minimum Gasteiger partial charge on any atom is -0.273 e. The number of fused-ring (bicyclic) bond motifs is 1. The van der Waals surface area contributed by atoms with E-state index in [1.54, 1.807) is 29.2 Å². The van der Waals surface area contributed by atoms with Gasteiger partial charge in [0.1, 0.15) is 5.37 Å². The number of aromatic nitrogens is 1. The second kappa shape index (κ2) is 6.39. The molecule has 122 valence electrons. The van der Waals surface area contributed by atoms with Crippen molar-refractivity contribution in [2.75, 3.05) is 10.7 Å². The SMILES string of the molecule is O=C1CSC(c2c(Cl)cccc2Cl)N1c1nc2ccc(Cl)cc2s1. The minimum atomic E-state index is -0.283. The quantitative estimate of drug-likeness (QED) is 0.512. The van der Waals surface area contributed by atoms with Gasteiger partial charge in [-0.25, -0.2) is 4.98 Å². The Bertz CT molecular complexity index is 939. The summed E-state index contributed by atoms with van der Waals surface area (Å²) in [5.74, 6) is 0.356. The molecule has 24 heavy (non-hydrogen) atoms. The largest absolute Gasteiger partial charge is 0.273 e. The molecule has 2 aromatic carbocycles. The van der Waals surface area contributed by atoms with Gasteiger partial charge in [-0.15, -0.1) is 11.8 Å². The van der Waals surface area contributed by atoms with Gasteiger partial charge in [0.25, 0.3) is 0 Å². The number of hydrogen-bond donors (Lipinski definition) is 0. The van der Waals surface area contributed by atoms with E-state index in [1.165, 1.54) is 23.1 Å². The third-order valence-electron chi connectivity index (χ3n) is 3.66. The van der Waals surface area contributed by atoms with Gasteiger partial charge < -0.3 is 0 Å². The van der Waals surface area contributed by atoms with Crippen LogP contribution in [0.3, 0.4) is 0 Å². The lowest BCUT2D eigenvalue weighted by Gasteiger charge is -2.23. The Hall–Kier alpha value is -0.980. The molecule has 3 aromatic rings. The predicted octanol–water partition coefficient (Wildman–Crippen LogP) is 6.04. The lowest BCUT2D eigenvalue weighted by atomic mass is 10.2. The molecule has 1 aliphatic heterocycles. The molecule has 0 radical (unpaired) electrons. The van der Waals surface area contributed by atoms with Crippen molar-refractivity contribution in [3.05, 3.63) is 57.0 Å². The van der Waals surface area contributed by atoms with Crippen LogP contribution >= 0.6 is 57.9 Å². The highest BCUT2D eigenvalue weighted by atomic mass is 35.5. The molecular weight excluding hydrogens is 407 g/mol. The summed E-state index contributed by atoms with van der Waals surface area (Å²) in [6, 6.07) is 10.8. The molecule has 0 spiro atoms. The Kier molecular flexibility index (Phi) is 4.39. The second-order valence-electron chi connectivity index (χ2n) is 5.17. The van der Waals surface area contributed by atoms with Crippen molar-refractivity contribution in [1.82, 2.24) is 4.98 Å². The molecule has 1 aromatic heterocycles. The van der Waals surface area contributed by atoms with E-state index in [1.807, 2.05) is 12.1 Å². The number of amides is 1. The van der Waals surface area contributed by atoms with E-state index in [-0.39, 0.29) is 11.3 Å². The van der Waals surface area contributed by atoms with Gasteiger partial charge in [0.15, 0.2) is 5.13 Å². The van der Waals surface area contributed by atoms with Crippen LogP contribution in [0.15, 0.2) is 36.4 Å². The summed E-state index contributed by atoms with van der Waals surface area (Å²) in [5, 5.41) is 2.08. The maximum absolute atomic E-state index is 12.5. The summed E-state index contributed by atoms with van der Waals surface area (Å²) in [6.45, 7) is 0. The van der Waals surface area contributed by atoms with Crippen LogP contribution in [-0.4, -0.2) is 16.6 Å². The van der Waals surface area contributed by atoms with Gasteiger partial charge >= 0.3 is 0 Å². The number of benzene rings is 2. The van der Waals surface area contributed by atoms with Crippen molar-refractivity contribution >= 4 is 79.2 Å². The van der Waals surface area contributed by atoms with Gasteiger partial charge in [0.05, 0.1) is 16.0 Å². The number of hydrogen-bond acceptors (Lipinski definition) is 4. The highest BCUT2D eigenvalue weighted by molar-refractivity contribution is 8.00. The zero-order valence-corrected chi connectivity index (χ0v) is 15.9. The molecule has 2 heterocycles. The Morgan fingerprint density at radius 2 is 1.88 bits per heavy atom. The van der Waals surface area contributed by atoms with Crippen LogP contribution in [0.1, 0.15) is 10.9 Å². The molecule has 1 fully saturated rings. The second-order valence-corrected chi connectivity index (χ2v) is 8.50. The topological polar surface area (TPSA) is 33.2 Å². The predicted molar refractivity (Wildman–Crippen MR) is 104 cm³/mol. The van der Waals surface area contributed by atoms with E-state index in [9.17, 15) is 4.79 Å². The van der Waals surface area contributed by atoms with Gasteiger partial charge in [-0.3, -0.25) is 9.69 Å². The van der Waals surface area contributed by atoms with Crippen LogP contribution in [0.4, 0.5) is 5.13 Å². The molecule has 1 amide bonds. The fraction of sp³-hybridized carbons (Fsp3) is 0.125. The van der Waals surface area contributed by atoms with Gasteiger partial charge in [0, 0.05) is 20.6 Å². The third kappa shape index (κ3) is 2.78. The summed E-state index contributed by atoms with van der Waals surface area (Å²) in [4.78, 5) is 18.7. The first-order chi connectivity index (χ1) is 11.5. The number of thioether (sulfide) groups is 1. The zero-order valence-electron chi connectivity index (χ0n) is 12.0. The smallest absolute Gasteiger partial charge is 0.240 e. The fourth-order valence-corrected chi connectivity index (χ4v) is 5.89. The van der Waals surface area contributed by atoms with E-state index in [2.05, 4.69) is 4.98 Å². The van der Waals surface area contributed by atoms with E-state index < -0.39 is 0 Å². The molecule has 0 aliphatic carbocycles. The summed E-state index contributed by atoms with van der Waals surface area (Å²) < 4.78 is 0.936. The Labute approximate surface area is 161 Å². The molecule has 1 atom stereocenters. The van der Waals surface area contributed by atoms with Crippen LogP contribution < -0.4 is 4.90 Å². The van der Waals surface area contributed by atoms with Crippen LogP contribution in [0.2, 0.25) is 15.1 Å². The van der Waals surface area contributed by atoms with Crippen LogP contribution in [0.25, 0.3) is 10.2 Å². The number of carbonyl (C=O) groups excluding carboxylic acids is 1. The first kappa shape index (κ1) is 16.5. The number of halogens is 3. The number of thiazole rings is 1. The van der Waals surface area contributed by atoms with Crippen molar-refractivity contribution in [3.63, 3.8) is 0 Å². The van der Waals surface area contributed by atoms with Crippen LogP contribution in [0.5, 0.6) is 0 Å². The zero-order chi connectivity index (χ0) is 16.8. The Morgan fingerprint density at radius 3 is 2.62 bits per heavy atom. The minimum absolute atomic E-state index is 0.00820. The molecule has 0 saturated carbocycles. The molecular formula is C16H9Cl3N2OS2. The van der Waals surface area contributed by atoms with Crippen molar-refractivity contribution in [2.45, 2.75) is 5.37 Å². The molecule has 1 aliphatic rings. The molecule has 1 saturated heterocycles. The molecule has 8 heteroatoms. The van der Waals surface area contributed by atoms with Gasteiger partial charge in [0.2, 0.25) is 5.91 Å².